The molecule has 0 saturated carbocycles. The van der Waals surface area contributed by atoms with E-state index >= 15 is 0 Å². The lowest BCUT2D eigenvalue weighted by Crippen LogP contribution is -2.54. The topological polar surface area (TPSA) is 116 Å². The highest BCUT2D eigenvalue weighted by Crippen LogP contribution is 2.34. The quantitative estimate of drug-likeness (QED) is 0.312. The highest BCUT2D eigenvalue weighted by atomic mass is 32.2. The van der Waals surface area contributed by atoms with Crippen molar-refractivity contribution in [2.45, 2.75) is 57.5 Å². The maximum Gasteiger partial charge on any atom is 0.254 e. The largest absolute Gasteiger partial charge is 0.554 e. The first-order valence-corrected chi connectivity index (χ1v) is 17.2. The van der Waals surface area contributed by atoms with Crippen molar-refractivity contribution in [3.8, 4) is 6.07 Å². The molecule has 1 amide bonds. The van der Waals surface area contributed by atoms with Crippen LogP contribution < -0.4 is 15.1 Å². The molecule has 5 rings (SSSR count). The number of amides is 1. The number of benzene rings is 3. The molecular weight excluding hydrogens is 589 g/mol. The third kappa shape index (κ3) is 6.35. The lowest BCUT2D eigenvalue weighted by Gasteiger charge is -2.42. The fourth-order valence-corrected chi connectivity index (χ4v) is 7.94. The van der Waals surface area contributed by atoms with Gasteiger partial charge in [0.2, 0.25) is 0 Å². The van der Waals surface area contributed by atoms with Crippen LogP contribution in [0.4, 0.5) is 21.5 Å². The Labute approximate surface area is 266 Å². The summed E-state index contributed by atoms with van der Waals surface area (Å²) >= 11 is 0. The summed E-state index contributed by atoms with van der Waals surface area (Å²) in [5.74, 6) is 6.69. The number of nitriles is 1. The molecule has 3 aromatic rings. The number of halogens is 1. The standard InChI is InChI=1S/C34H41FN7O2S/c1-22-19-23(2)32(38-27-13-15-40(16-14-27)29-11-7-6-9-26(29)20-36)25(4)31(22)34(43)42-18-17-41(21-24(42)3)30-12-8-10-28(35)33(30)45(5,44)39-37/h6-12,19,24,27,37-38H,13-18,21H2,1-5H3/q-1/t24-,45+/m0/s1. The van der Waals surface area contributed by atoms with Gasteiger partial charge < -0.3 is 30.3 Å². The summed E-state index contributed by atoms with van der Waals surface area (Å²) in [7, 11) is -3.23. The van der Waals surface area contributed by atoms with E-state index in [1.807, 2.05) is 54.8 Å². The average molecular weight is 631 g/mol. The van der Waals surface area contributed by atoms with Crippen LogP contribution >= 0.6 is 0 Å². The number of aryl methyl sites for hydroxylation is 2. The van der Waals surface area contributed by atoms with Crippen LogP contribution in [-0.4, -0.2) is 66.1 Å². The Bertz CT molecular complexity index is 1770. The van der Waals surface area contributed by atoms with E-state index in [1.54, 1.807) is 12.1 Å². The van der Waals surface area contributed by atoms with Gasteiger partial charge in [-0.3, -0.25) is 4.79 Å². The van der Waals surface area contributed by atoms with Gasteiger partial charge in [0.25, 0.3) is 5.91 Å². The van der Waals surface area contributed by atoms with E-state index in [4.69, 9.17) is 5.84 Å². The van der Waals surface area contributed by atoms with Crippen LogP contribution in [0.3, 0.4) is 0 Å². The molecule has 0 radical (unpaired) electrons. The van der Waals surface area contributed by atoms with Gasteiger partial charge in [0.15, 0.2) is 0 Å². The summed E-state index contributed by atoms with van der Waals surface area (Å²) in [6.07, 6.45) is 3.10. The number of rotatable bonds is 6. The fourth-order valence-electron chi connectivity index (χ4n) is 6.84. The van der Waals surface area contributed by atoms with Crippen molar-refractivity contribution in [3.05, 3.63) is 88.0 Å². The van der Waals surface area contributed by atoms with Gasteiger partial charge in [0.1, 0.15) is 16.8 Å². The molecule has 0 aliphatic carbocycles. The molecule has 11 heteroatoms. The van der Waals surface area contributed by atoms with Crippen LogP contribution in [0.15, 0.2) is 57.9 Å². The Morgan fingerprint density at radius 1 is 1.02 bits per heavy atom. The van der Waals surface area contributed by atoms with Gasteiger partial charge in [-0.15, -0.1) is 0 Å². The summed E-state index contributed by atoms with van der Waals surface area (Å²) in [6.45, 7) is 11.0. The first-order valence-electron chi connectivity index (χ1n) is 15.3. The molecule has 2 N–H and O–H groups in total. The molecule has 2 saturated heterocycles. The molecule has 0 aromatic heterocycles. The van der Waals surface area contributed by atoms with E-state index in [1.165, 1.54) is 12.3 Å². The molecule has 2 aliphatic rings. The van der Waals surface area contributed by atoms with Crippen LogP contribution in [-0.2, 0) is 9.73 Å². The SMILES string of the molecule is Cc1cc(C)c(C(=O)N2CCN(c3cccc(F)c3[S@@](C)(=O)=N[NH-])C[C@@H]2C)c(C)c1NC1CCN(c2ccccc2C#N)CC1. The smallest absolute Gasteiger partial charge is 0.254 e. The Kier molecular flexibility index (Phi) is 9.37. The molecule has 0 spiro atoms. The van der Waals surface area contributed by atoms with Crippen molar-refractivity contribution < 1.29 is 13.4 Å². The average Bonchev–Trinajstić information content (AvgIpc) is 3.02. The first-order chi connectivity index (χ1) is 21.5. The number of piperidine rings is 1. The zero-order valence-electron chi connectivity index (χ0n) is 26.6. The van der Waals surface area contributed by atoms with Crippen molar-refractivity contribution in [2.75, 3.05) is 54.1 Å². The third-order valence-electron chi connectivity index (χ3n) is 9.12. The number of carbonyl (C=O) groups is 1. The summed E-state index contributed by atoms with van der Waals surface area (Å²) in [5.41, 5.74) is 6.76. The van der Waals surface area contributed by atoms with E-state index in [9.17, 15) is 18.7 Å². The summed E-state index contributed by atoms with van der Waals surface area (Å²) in [4.78, 5) is 20.2. The van der Waals surface area contributed by atoms with Crippen LogP contribution in [0.25, 0.3) is 5.84 Å². The number of nitrogens with zero attached hydrogens (tertiary/aromatic N) is 5. The number of para-hydroxylation sites is 1. The molecule has 3 aromatic carbocycles. The zero-order valence-corrected chi connectivity index (χ0v) is 27.4. The molecular formula is C34H41FN7O2S-. The minimum absolute atomic E-state index is 0.0389. The van der Waals surface area contributed by atoms with E-state index in [0.29, 0.717) is 36.4 Å². The second-order valence-corrected chi connectivity index (χ2v) is 14.4. The Hall–Kier alpha value is -4.14. The van der Waals surface area contributed by atoms with Crippen molar-refractivity contribution in [3.63, 3.8) is 0 Å². The van der Waals surface area contributed by atoms with Gasteiger partial charge >= 0.3 is 0 Å². The van der Waals surface area contributed by atoms with Crippen molar-refractivity contribution >= 4 is 32.7 Å². The number of piperazine rings is 1. The maximum atomic E-state index is 14.8. The highest BCUT2D eigenvalue weighted by molar-refractivity contribution is 7.93. The number of anilines is 3. The molecule has 0 unspecified atom stereocenters. The van der Waals surface area contributed by atoms with E-state index in [2.05, 4.69) is 33.7 Å². The first kappa shape index (κ1) is 32.3. The molecule has 9 nitrogen and oxygen atoms in total. The molecule has 2 heterocycles. The Morgan fingerprint density at radius 2 is 1.71 bits per heavy atom. The minimum Gasteiger partial charge on any atom is -0.554 e. The predicted octanol–water partition coefficient (Wildman–Crippen LogP) is 6.48. The van der Waals surface area contributed by atoms with Crippen molar-refractivity contribution in [2.24, 2.45) is 4.47 Å². The fraction of sp³-hybridized carbons (Fsp3) is 0.412. The number of nitrogens with one attached hydrogen (secondary N) is 2. The summed E-state index contributed by atoms with van der Waals surface area (Å²) in [6, 6.07) is 16.7. The van der Waals surface area contributed by atoms with E-state index in [0.717, 1.165) is 54.0 Å². The van der Waals surface area contributed by atoms with Gasteiger partial charge in [-0.05, 0) is 81.5 Å². The molecule has 2 aliphatic heterocycles. The van der Waals surface area contributed by atoms with Gasteiger partial charge in [-0.25, -0.2) is 8.60 Å². The van der Waals surface area contributed by atoms with Crippen LogP contribution in [0.5, 0.6) is 0 Å². The molecule has 238 valence electrons. The second kappa shape index (κ2) is 13.1. The predicted molar refractivity (Wildman–Crippen MR) is 179 cm³/mol. The zero-order chi connectivity index (χ0) is 32.5. The maximum absolute atomic E-state index is 14.8. The summed E-state index contributed by atoms with van der Waals surface area (Å²) < 4.78 is 31.0. The Balaban J connectivity index is 1.32. The number of hydrogen-bond donors (Lipinski definition) is 1. The van der Waals surface area contributed by atoms with Crippen LogP contribution in [0, 0.1) is 37.9 Å². The summed E-state index contributed by atoms with van der Waals surface area (Å²) in [5, 5.41) is 13.3. The molecule has 2 atom stereocenters. The Morgan fingerprint density at radius 3 is 2.38 bits per heavy atom. The highest BCUT2D eigenvalue weighted by Gasteiger charge is 2.33. The monoisotopic (exact) mass is 630 g/mol. The molecule has 0 bridgehead atoms. The number of carbonyl (C=O) groups excluding carboxylic acids is 1. The number of hydrogen-bond acceptors (Lipinski definition) is 7. The van der Waals surface area contributed by atoms with E-state index < -0.39 is 15.5 Å². The van der Waals surface area contributed by atoms with Crippen molar-refractivity contribution in [1.82, 2.24) is 4.90 Å². The lowest BCUT2D eigenvalue weighted by atomic mass is 9.94. The third-order valence-corrected chi connectivity index (χ3v) is 10.6. The van der Waals surface area contributed by atoms with Gasteiger partial charge in [0.05, 0.1) is 26.7 Å². The van der Waals surface area contributed by atoms with Gasteiger partial charge in [0, 0.05) is 62.3 Å². The van der Waals surface area contributed by atoms with Crippen molar-refractivity contribution in [1.29, 1.82) is 5.26 Å². The van der Waals surface area contributed by atoms with Crippen LogP contribution in [0.1, 0.15) is 52.4 Å². The minimum atomic E-state index is -3.23. The molecule has 2 fully saturated rings. The van der Waals surface area contributed by atoms with E-state index in [-0.39, 0.29) is 22.9 Å². The second-order valence-electron chi connectivity index (χ2n) is 12.2. The van der Waals surface area contributed by atoms with Crippen LogP contribution in [0.2, 0.25) is 0 Å². The normalized spacial score (nSPS) is 18.7. The van der Waals surface area contributed by atoms with Gasteiger partial charge in [-0.1, -0.05) is 24.3 Å². The van der Waals surface area contributed by atoms with Gasteiger partial charge in [-0.2, -0.15) is 5.26 Å². The molecule has 45 heavy (non-hydrogen) atoms. The lowest BCUT2D eigenvalue weighted by molar-refractivity contribution is 0.0672.